The van der Waals surface area contributed by atoms with Crippen LogP contribution in [0.15, 0.2) is 78.9 Å². The number of carbonyl (C=O) groups excluding carboxylic acids is 3. The van der Waals surface area contributed by atoms with E-state index in [1.807, 2.05) is 68.4 Å². The number of benzene rings is 3. The number of hydrogen-bond acceptors (Lipinski definition) is 8. The molecule has 3 aromatic carbocycles. The van der Waals surface area contributed by atoms with Crippen molar-refractivity contribution >= 4 is 39.3 Å². The first kappa shape index (κ1) is 31.9. The molecule has 5 aromatic rings. The van der Waals surface area contributed by atoms with Gasteiger partial charge in [-0.15, -0.1) is 11.3 Å². The number of fused-ring (bicyclic) bond motifs is 4. The molecule has 0 fully saturated rings. The maximum atomic E-state index is 13.6. The molecule has 1 aliphatic heterocycles. The normalized spacial score (nSPS) is 16.2. The van der Waals surface area contributed by atoms with Gasteiger partial charge in [0, 0.05) is 37.1 Å². The molecular formula is C35H37N7O4S. The van der Waals surface area contributed by atoms with Gasteiger partial charge in [-0.25, -0.2) is 14.6 Å². The van der Waals surface area contributed by atoms with E-state index >= 15 is 0 Å². The third kappa shape index (κ3) is 7.83. The van der Waals surface area contributed by atoms with E-state index in [0.29, 0.717) is 35.9 Å². The predicted octanol–water partition coefficient (Wildman–Crippen LogP) is 4.65. The van der Waals surface area contributed by atoms with Crippen molar-refractivity contribution in [1.29, 1.82) is 0 Å². The molecule has 3 heterocycles. The van der Waals surface area contributed by atoms with Gasteiger partial charge in [0.05, 0.1) is 34.4 Å². The average Bonchev–Trinajstić information content (AvgIpc) is 3.70. The van der Waals surface area contributed by atoms with Crippen molar-refractivity contribution in [3.63, 3.8) is 0 Å². The molecule has 2 aromatic heterocycles. The molecule has 3 amide bonds. The van der Waals surface area contributed by atoms with Crippen molar-refractivity contribution in [2.24, 2.45) is 5.92 Å². The van der Waals surface area contributed by atoms with Crippen LogP contribution < -0.4 is 15.4 Å². The van der Waals surface area contributed by atoms with Crippen LogP contribution in [0.25, 0.3) is 21.6 Å². The first-order chi connectivity index (χ1) is 22.8. The molecule has 11 nitrogen and oxygen atoms in total. The standard InChI is InChI=1S/C35H37N7O4S/c1-23(2)32-34-39-33(24-9-4-3-5-10-24)40-42(34)19-20-46-26-12-8-11-25(21-26)35(45)36-17-18-41(22-29(43)38-32)31(44)16-15-30-37-27-13-6-7-14-28(27)47-30/h3-14,21,23,32H,15-20,22H2,1-2H3,(H,36,45)(H,38,43)/t32-/m0/s1. The van der Waals surface area contributed by atoms with Crippen LogP contribution in [0.2, 0.25) is 0 Å². The van der Waals surface area contributed by atoms with Crippen LogP contribution in [0.4, 0.5) is 0 Å². The fourth-order valence-corrected chi connectivity index (χ4v) is 6.42. The Morgan fingerprint density at radius 1 is 0.979 bits per heavy atom. The summed E-state index contributed by atoms with van der Waals surface area (Å²) in [6.07, 6.45) is 0.637. The number of hydrogen-bond donors (Lipinski definition) is 2. The molecule has 0 saturated carbocycles. The second-order valence-electron chi connectivity index (χ2n) is 11.7. The highest BCUT2D eigenvalue weighted by Gasteiger charge is 2.27. The van der Waals surface area contributed by atoms with Crippen LogP contribution in [-0.2, 0) is 22.6 Å². The zero-order valence-corrected chi connectivity index (χ0v) is 27.2. The third-order valence-corrected chi connectivity index (χ3v) is 9.00. The van der Waals surface area contributed by atoms with Crippen LogP contribution in [0.5, 0.6) is 5.75 Å². The highest BCUT2D eigenvalue weighted by molar-refractivity contribution is 7.18. The maximum absolute atomic E-state index is 13.6. The summed E-state index contributed by atoms with van der Waals surface area (Å²) in [7, 11) is 0. The minimum Gasteiger partial charge on any atom is -0.492 e. The van der Waals surface area contributed by atoms with E-state index < -0.39 is 6.04 Å². The highest BCUT2D eigenvalue weighted by atomic mass is 32.1. The fourth-order valence-electron chi connectivity index (χ4n) is 5.45. The van der Waals surface area contributed by atoms with E-state index in [1.54, 1.807) is 40.3 Å². The number of rotatable bonds is 5. The van der Waals surface area contributed by atoms with Gasteiger partial charge < -0.3 is 20.3 Å². The smallest absolute Gasteiger partial charge is 0.251 e. The lowest BCUT2D eigenvalue weighted by molar-refractivity contribution is -0.136. The molecule has 0 spiro atoms. The molecule has 0 aliphatic carbocycles. The molecule has 0 saturated heterocycles. The molecule has 0 radical (unpaired) electrons. The summed E-state index contributed by atoms with van der Waals surface area (Å²) in [5.41, 5.74) is 2.19. The SMILES string of the molecule is CC(C)[C@@H]1NC(=O)CN(C(=O)CCc2nc3ccccc3s2)CCNC(=O)c2cccc(c2)OCCn2nc(-c3ccccc3)nc21. The van der Waals surface area contributed by atoms with Crippen LogP contribution in [0, 0.1) is 5.92 Å². The molecule has 1 aliphatic rings. The molecule has 47 heavy (non-hydrogen) atoms. The summed E-state index contributed by atoms with van der Waals surface area (Å²) in [6.45, 7) is 4.81. The Morgan fingerprint density at radius 2 is 1.77 bits per heavy atom. The van der Waals surface area contributed by atoms with Gasteiger partial charge in [0.1, 0.15) is 12.4 Å². The second kappa shape index (κ2) is 14.5. The molecule has 0 unspecified atom stereocenters. The summed E-state index contributed by atoms with van der Waals surface area (Å²) >= 11 is 1.56. The molecular weight excluding hydrogens is 614 g/mol. The second-order valence-corrected chi connectivity index (χ2v) is 12.8. The van der Waals surface area contributed by atoms with E-state index in [2.05, 4.69) is 15.6 Å². The number of aryl methyl sites for hydroxylation is 1. The van der Waals surface area contributed by atoms with Gasteiger partial charge in [0.15, 0.2) is 11.6 Å². The third-order valence-electron chi connectivity index (χ3n) is 7.91. The number of ether oxygens (including phenoxy) is 1. The van der Waals surface area contributed by atoms with Crippen LogP contribution in [0.3, 0.4) is 0 Å². The predicted molar refractivity (Wildman–Crippen MR) is 180 cm³/mol. The lowest BCUT2D eigenvalue weighted by Crippen LogP contribution is -2.46. The largest absolute Gasteiger partial charge is 0.492 e. The number of nitrogens with zero attached hydrogens (tertiary/aromatic N) is 5. The van der Waals surface area contributed by atoms with Gasteiger partial charge in [0.2, 0.25) is 11.8 Å². The number of amides is 3. The van der Waals surface area contributed by atoms with E-state index in [9.17, 15) is 14.4 Å². The van der Waals surface area contributed by atoms with E-state index in [0.717, 1.165) is 20.8 Å². The Morgan fingerprint density at radius 3 is 2.57 bits per heavy atom. The van der Waals surface area contributed by atoms with Crippen LogP contribution in [0.1, 0.15) is 47.5 Å². The summed E-state index contributed by atoms with van der Waals surface area (Å²) in [5, 5.41) is 11.7. The van der Waals surface area contributed by atoms with Gasteiger partial charge in [-0.2, -0.15) is 5.10 Å². The molecule has 2 bridgehead atoms. The number of aromatic nitrogens is 4. The van der Waals surface area contributed by atoms with Gasteiger partial charge in [0.25, 0.3) is 5.91 Å². The van der Waals surface area contributed by atoms with Gasteiger partial charge >= 0.3 is 0 Å². The Hall–Kier alpha value is -5.10. The number of nitrogens with one attached hydrogen (secondary N) is 2. The minimum absolute atomic E-state index is 0.0346. The van der Waals surface area contributed by atoms with E-state index in [1.165, 1.54) is 4.90 Å². The topological polar surface area (TPSA) is 131 Å². The summed E-state index contributed by atoms with van der Waals surface area (Å²) in [5.74, 6) is 0.834. The molecule has 1 atom stereocenters. The van der Waals surface area contributed by atoms with Gasteiger partial charge in [-0.05, 0) is 36.2 Å². The van der Waals surface area contributed by atoms with E-state index in [-0.39, 0.29) is 56.3 Å². The number of carbonyl (C=O) groups is 3. The van der Waals surface area contributed by atoms with Crippen molar-refractivity contribution in [2.45, 2.75) is 39.3 Å². The molecule has 242 valence electrons. The van der Waals surface area contributed by atoms with Crippen molar-refractivity contribution < 1.29 is 19.1 Å². The summed E-state index contributed by atoms with van der Waals surface area (Å²) in [4.78, 5) is 51.3. The zero-order valence-electron chi connectivity index (χ0n) is 26.4. The van der Waals surface area contributed by atoms with Gasteiger partial charge in [-0.3, -0.25) is 14.4 Å². The van der Waals surface area contributed by atoms with E-state index in [4.69, 9.17) is 14.8 Å². The van der Waals surface area contributed by atoms with Crippen LogP contribution >= 0.6 is 11.3 Å². The van der Waals surface area contributed by atoms with Crippen molar-refractivity contribution in [1.82, 2.24) is 35.3 Å². The van der Waals surface area contributed by atoms with Crippen LogP contribution in [-0.4, -0.2) is 68.6 Å². The Balaban J connectivity index is 1.27. The molecule has 2 N–H and O–H groups in total. The van der Waals surface area contributed by atoms with Crippen molar-refractivity contribution in [3.8, 4) is 17.1 Å². The molecule has 6 rings (SSSR count). The lowest BCUT2D eigenvalue weighted by atomic mass is 10.0. The zero-order chi connectivity index (χ0) is 32.8. The number of thiazole rings is 1. The first-order valence-corrected chi connectivity index (χ1v) is 16.6. The van der Waals surface area contributed by atoms with Crippen molar-refractivity contribution in [3.05, 3.63) is 95.3 Å². The number of para-hydroxylation sites is 1. The maximum Gasteiger partial charge on any atom is 0.251 e. The Kier molecular flexibility index (Phi) is 9.86. The quantitative estimate of drug-likeness (QED) is 0.283. The minimum atomic E-state index is -0.481. The Bertz CT molecular complexity index is 1840. The fraction of sp³-hybridized carbons (Fsp3) is 0.314. The summed E-state index contributed by atoms with van der Waals surface area (Å²) < 4.78 is 8.86. The van der Waals surface area contributed by atoms with Gasteiger partial charge in [-0.1, -0.05) is 62.4 Å². The summed E-state index contributed by atoms with van der Waals surface area (Å²) in [6, 6.07) is 24.0. The first-order valence-electron chi connectivity index (χ1n) is 15.8. The molecule has 12 heteroatoms. The Labute approximate surface area is 277 Å². The monoisotopic (exact) mass is 651 g/mol. The van der Waals surface area contributed by atoms with Crippen molar-refractivity contribution in [2.75, 3.05) is 26.2 Å². The lowest BCUT2D eigenvalue weighted by Gasteiger charge is -2.26. The average molecular weight is 652 g/mol. The highest BCUT2D eigenvalue weighted by Crippen LogP contribution is 2.25.